The van der Waals surface area contributed by atoms with Gasteiger partial charge in [0.1, 0.15) is 0 Å². The molecule has 1 heterocycles. The van der Waals surface area contributed by atoms with Gasteiger partial charge in [-0.15, -0.1) is 11.3 Å². The Kier molecular flexibility index (Phi) is 5.10. The van der Waals surface area contributed by atoms with Gasteiger partial charge in [0.2, 0.25) is 0 Å². The first-order valence-corrected chi connectivity index (χ1v) is 6.84. The Morgan fingerprint density at radius 1 is 1.53 bits per heavy atom. The molecule has 0 aliphatic rings. The Balaban J connectivity index is 2.53. The van der Waals surface area contributed by atoms with Crippen LogP contribution in [0.15, 0.2) is 6.20 Å². The fraction of sp³-hybridized carbons (Fsp3) is 0.692. The van der Waals surface area contributed by atoms with E-state index in [9.17, 15) is 0 Å². The second kappa shape index (κ2) is 6.13. The molecule has 0 aliphatic carbocycles. The molecule has 1 atom stereocenters. The molecule has 0 radical (unpaired) electrons. The van der Waals surface area contributed by atoms with Gasteiger partial charge in [-0.2, -0.15) is 5.26 Å². The SMILES string of the molecule is CCC(CC#N)NCc1cnc(C(C)(C)C)s1. The summed E-state index contributed by atoms with van der Waals surface area (Å²) in [7, 11) is 0. The monoisotopic (exact) mass is 251 g/mol. The predicted octanol–water partition coefficient (Wildman–Crippen LogP) is 3.22. The van der Waals surface area contributed by atoms with Crippen molar-refractivity contribution in [3.8, 4) is 6.07 Å². The van der Waals surface area contributed by atoms with Gasteiger partial charge in [0.15, 0.2) is 0 Å². The molecule has 0 saturated carbocycles. The average molecular weight is 251 g/mol. The molecular formula is C13H21N3S. The quantitative estimate of drug-likeness (QED) is 0.874. The molecule has 0 amide bonds. The molecule has 17 heavy (non-hydrogen) atoms. The number of nitrogens with zero attached hydrogens (tertiary/aromatic N) is 2. The second-order valence-electron chi connectivity index (χ2n) is 5.23. The van der Waals surface area contributed by atoms with Gasteiger partial charge >= 0.3 is 0 Å². The summed E-state index contributed by atoms with van der Waals surface area (Å²) < 4.78 is 0. The van der Waals surface area contributed by atoms with Crippen molar-refractivity contribution in [3.05, 3.63) is 16.1 Å². The number of nitriles is 1. The highest BCUT2D eigenvalue weighted by molar-refractivity contribution is 7.11. The zero-order chi connectivity index (χ0) is 12.9. The van der Waals surface area contributed by atoms with E-state index in [4.69, 9.17) is 5.26 Å². The summed E-state index contributed by atoms with van der Waals surface area (Å²) in [4.78, 5) is 5.69. The van der Waals surface area contributed by atoms with Gasteiger partial charge in [-0.1, -0.05) is 27.7 Å². The van der Waals surface area contributed by atoms with Gasteiger partial charge in [0.05, 0.1) is 17.5 Å². The van der Waals surface area contributed by atoms with Crippen LogP contribution in [0.5, 0.6) is 0 Å². The largest absolute Gasteiger partial charge is 0.308 e. The molecule has 0 spiro atoms. The zero-order valence-electron chi connectivity index (χ0n) is 11.1. The summed E-state index contributed by atoms with van der Waals surface area (Å²) in [6.07, 6.45) is 3.50. The molecule has 0 saturated heterocycles. The van der Waals surface area contributed by atoms with Crippen LogP contribution < -0.4 is 5.32 Å². The fourth-order valence-corrected chi connectivity index (χ4v) is 2.37. The van der Waals surface area contributed by atoms with E-state index in [-0.39, 0.29) is 5.41 Å². The van der Waals surface area contributed by atoms with Crippen LogP contribution in [-0.4, -0.2) is 11.0 Å². The molecule has 1 aromatic heterocycles. The summed E-state index contributed by atoms with van der Waals surface area (Å²) in [5.74, 6) is 0. The van der Waals surface area contributed by atoms with Crippen molar-refractivity contribution in [3.63, 3.8) is 0 Å². The van der Waals surface area contributed by atoms with Crippen molar-refractivity contribution < 1.29 is 0 Å². The highest BCUT2D eigenvalue weighted by Gasteiger charge is 2.18. The number of rotatable bonds is 5. The third kappa shape index (κ3) is 4.45. The van der Waals surface area contributed by atoms with E-state index in [1.165, 1.54) is 9.88 Å². The zero-order valence-corrected chi connectivity index (χ0v) is 11.9. The number of hydrogen-bond acceptors (Lipinski definition) is 4. The van der Waals surface area contributed by atoms with E-state index in [0.29, 0.717) is 12.5 Å². The molecule has 1 unspecified atom stereocenters. The Bertz CT molecular complexity index is 384. The van der Waals surface area contributed by atoms with E-state index < -0.39 is 0 Å². The highest BCUT2D eigenvalue weighted by Crippen LogP contribution is 2.26. The van der Waals surface area contributed by atoms with E-state index in [1.54, 1.807) is 11.3 Å². The molecule has 1 aromatic rings. The number of aromatic nitrogens is 1. The summed E-state index contributed by atoms with van der Waals surface area (Å²) in [6.45, 7) is 9.44. The Morgan fingerprint density at radius 3 is 2.71 bits per heavy atom. The maximum absolute atomic E-state index is 8.68. The average Bonchev–Trinajstić information content (AvgIpc) is 2.72. The van der Waals surface area contributed by atoms with Crippen LogP contribution in [0, 0.1) is 11.3 Å². The van der Waals surface area contributed by atoms with Crippen molar-refractivity contribution in [2.24, 2.45) is 0 Å². The first-order chi connectivity index (χ1) is 7.97. The second-order valence-corrected chi connectivity index (χ2v) is 6.35. The van der Waals surface area contributed by atoms with Crippen molar-refractivity contribution >= 4 is 11.3 Å². The van der Waals surface area contributed by atoms with E-state index in [0.717, 1.165) is 13.0 Å². The smallest absolute Gasteiger partial charge is 0.0981 e. The lowest BCUT2D eigenvalue weighted by Gasteiger charge is -2.14. The number of hydrogen-bond donors (Lipinski definition) is 1. The Labute approximate surface area is 108 Å². The molecule has 1 rings (SSSR count). The molecule has 3 nitrogen and oxygen atoms in total. The summed E-state index contributed by atoms with van der Waals surface area (Å²) >= 11 is 1.75. The van der Waals surface area contributed by atoms with E-state index >= 15 is 0 Å². The Morgan fingerprint density at radius 2 is 2.24 bits per heavy atom. The lowest BCUT2D eigenvalue weighted by atomic mass is 9.98. The molecule has 94 valence electrons. The van der Waals surface area contributed by atoms with Crippen LogP contribution >= 0.6 is 11.3 Å². The maximum Gasteiger partial charge on any atom is 0.0981 e. The minimum Gasteiger partial charge on any atom is -0.308 e. The first-order valence-electron chi connectivity index (χ1n) is 6.03. The van der Waals surface area contributed by atoms with Crippen LogP contribution in [0.3, 0.4) is 0 Å². The molecule has 0 aliphatic heterocycles. The number of nitrogens with one attached hydrogen (secondary N) is 1. The third-order valence-corrected chi connectivity index (χ3v) is 4.01. The van der Waals surface area contributed by atoms with Crippen molar-refractivity contribution in [1.82, 2.24) is 10.3 Å². The first kappa shape index (κ1) is 14.1. The third-order valence-electron chi connectivity index (χ3n) is 2.59. The van der Waals surface area contributed by atoms with Crippen molar-refractivity contribution in [2.45, 2.75) is 58.5 Å². The topological polar surface area (TPSA) is 48.7 Å². The minimum absolute atomic E-state index is 0.125. The normalized spacial score (nSPS) is 13.4. The molecule has 4 heteroatoms. The standard InChI is InChI=1S/C13H21N3S/c1-5-10(6-7-14)15-8-11-9-16-12(17-11)13(2,3)4/h9-10,15H,5-6,8H2,1-4H3. The van der Waals surface area contributed by atoms with Crippen molar-refractivity contribution in [1.29, 1.82) is 5.26 Å². The van der Waals surface area contributed by atoms with Crippen molar-refractivity contribution in [2.75, 3.05) is 0 Å². The predicted molar refractivity (Wildman–Crippen MR) is 72.0 cm³/mol. The van der Waals surface area contributed by atoms with E-state index in [1.807, 2.05) is 6.20 Å². The van der Waals surface area contributed by atoms with Gasteiger partial charge in [0, 0.05) is 29.1 Å². The minimum atomic E-state index is 0.125. The van der Waals surface area contributed by atoms with E-state index in [2.05, 4.69) is 44.1 Å². The Hall–Kier alpha value is -0.920. The van der Waals surface area contributed by atoms with Crippen LogP contribution in [0.4, 0.5) is 0 Å². The lowest BCUT2D eigenvalue weighted by Crippen LogP contribution is -2.27. The molecule has 0 fully saturated rings. The van der Waals surface area contributed by atoms with Crippen LogP contribution in [0.25, 0.3) is 0 Å². The fourth-order valence-electron chi connectivity index (χ4n) is 1.45. The summed E-state index contributed by atoms with van der Waals surface area (Å²) in [5, 5.41) is 13.2. The maximum atomic E-state index is 8.68. The summed E-state index contributed by atoms with van der Waals surface area (Å²) in [5.41, 5.74) is 0.125. The van der Waals surface area contributed by atoms with Gasteiger partial charge in [-0.3, -0.25) is 0 Å². The van der Waals surface area contributed by atoms with Gasteiger partial charge in [-0.05, 0) is 6.42 Å². The van der Waals surface area contributed by atoms with Gasteiger partial charge in [-0.25, -0.2) is 4.98 Å². The number of thiazole rings is 1. The lowest BCUT2D eigenvalue weighted by molar-refractivity contribution is 0.507. The van der Waals surface area contributed by atoms with Gasteiger partial charge < -0.3 is 5.32 Å². The summed E-state index contributed by atoms with van der Waals surface area (Å²) in [6, 6.07) is 2.50. The van der Waals surface area contributed by atoms with Crippen LogP contribution in [0.1, 0.15) is 50.4 Å². The molecular weight excluding hydrogens is 230 g/mol. The molecule has 0 bridgehead atoms. The van der Waals surface area contributed by atoms with Crippen LogP contribution in [0.2, 0.25) is 0 Å². The highest BCUT2D eigenvalue weighted by atomic mass is 32.1. The molecule has 0 aromatic carbocycles. The molecule has 1 N–H and O–H groups in total. The van der Waals surface area contributed by atoms with Crippen LogP contribution in [-0.2, 0) is 12.0 Å². The van der Waals surface area contributed by atoms with Gasteiger partial charge in [0.25, 0.3) is 0 Å².